The molecule has 0 aromatic rings. The Morgan fingerprint density at radius 2 is 2.23 bits per heavy atom. The second-order valence-corrected chi connectivity index (χ2v) is 3.18. The van der Waals surface area contributed by atoms with Crippen molar-refractivity contribution in [3.63, 3.8) is 0 Å². The van der Waals surface area contributed by atoms with Gasteiger partial charge in [-0.2, -0.15) is 0 Å². The average Bonchev–Trinajstić information content (AvgIpc) is 2.13. The van der Waals surface area contributed by atoms with Gasteiger partial charge in [-0.05, 0) is 26.7 Å². The molecule has 0 bridgehead atoms. The van der Waals surface area contributed by atoms with Crippen LogP contribution in [0.25, 0.3) is 0 Å². The van der Waals surface area contributed by atoms with E-state index < -0.39 is 0 Å². The van der Waals surface area contributed by atoms with Crippen LogP contribution in [0.5, 0.6) is 0 Å². The zero-order valence-electron chi connectivity index (χ0n) is 8.67. The lowest BCUT2D eigenvalue weighted by atomic mass is 10.1. The van der Waals surface area contributed by atoms with E-state index in [-0.39, 0.29) is 12.0 Å². The van der Waals surface area contributed by atoms with E-state index in [0.717, 1.165) is 12.8 Å². The molecule has 0 aliphatic carbocycles. The zero-order chi connectivity index (χ0) is 10.3. The van der Waals surface area contributed by atoms with Gasteiger partial charge in [-0.3, -0.25) is 4.79 Å². The van der Waals surface area contributed by atoms with Crippen LogP contribution in [0.2, 0.25) is 0 Å². The van der Waals surface area contributed by atoms with Gasteiger partial charge in [0.1, 0.15) is 6.04 Å². The summed E-state index contributed by atoms with van der Waals surface area (Å²) in [6.45, 7) is 7.49. The number of hydrogen-bond donors (Lipinski definition) is 1. The quantitative estimate of drug-likeness (QED) is 0.503. The molecule has 0 aromatic heterocycles. The van der Waals surface area contributed by atoms with Gasteiger partial charge in [0, 0.05) is 6.04 Å². The molecule has 0 fully saturated rings. The van der Waals surface area contributed by atoms with Gasteiger partial charge in [0.2, 0.25) is 0 Å². The van der Waals surface area contributed by atoms with Gasteiger partial charge in [0.15, 0.2) is 0 Å². The summed E-state index contributed by atoms with van der Waals surface area (Å²) in [5, 5.41) is 3.14. The number of hydrogen-bond acceptors (Lipinski definition) is 3. The van der Waals surface area contributed by atoms with Crippen molar-refractivity contribution in [2.75, 3.05) is 7.11 Å². The van der Waals surface area contributed by atoms with Crippen LogP contribution >= 0.6 is 0 Å². The maximum Gasteiger partial charge on any atom is 0.322 e. The third-order valence-corrected chi connectivity index (χ3v) is 1.89. The SMILES string of the molecule is C=CCCC(C)N[C@@H](C)C(=O)OC. The van der Waals surface area contributed by atoms with Gasteiger partial charge in [0.25, 0.3) is 0 Å². The van der Waals surface area contributed by atoms with Crippen LogP contribution in [0.4, 0.5) is 0 Å². The van der Waals surface area contributed by atoms with E-state index in [4.69, 9.17) is 0 Å². The fourth-order valence-electron chi connectivity index (χ4n) is 1.12. The largest absolute Gasteiger partial charge is 0.468 e. The monoisotopic (exact) mass is 185 g/mol. The molecule has 3 heteroatoms. The lowest BCUT2D eigenvalue weighted by Crippen LogP contribution is -2.40. The Labute approximate surface area is 80.2 Å². The first-order chi connectivity index (χ1) is 6.11. The fraction of sp³-hybridized carbons (Fsp3) is 0.700. The van der Waals surface area contributed by atoms with Crippen molar-refractivity contribution in [2.24, 2.45) is 0 Å². The normalized spacial score (nSPS) is 14.7. The molecular formula is C10H19NO2. The smallest absolute Gasteiger partial charge is 0.322 e. The van der Waals surface area contributed by atoms with Crippen LogP contribution in [0.1, 0.15) is 26.7 Å². The maximum absolute atomic E-state index is 11.0. The van der Waals surface area contributed by atoms with E-state index >= 15 is 0 Å². The molecule has 1 N–H and O–H groups in total. The van der Waals surface area contributed by atoms with Crippen LogP contribution in [0.15, 0.2) is 12.7 Å². The number of allylic oxidation sites excluding steroid dienone is 1. The lowest BCUT2D eigenvalue weighted by molar-refractivity contribution is -0.142. The summed E-state index contributed by atoms with van der Waals surface area (Å²) in [4.78, 5) is 11.0. The number of carbonyl (C=O) groups is 1. The second kappa shape index (κ2) is 6.66. The number of methoxy groups -OCH3 is 1. The Morgan fingerprint density at radius 3 is 2.69 bits per heavy atom. The molecular weight excluding hydrogens is 166 g/mol. The molecule has 0 saturated heterocycles. The minimum Gasteiger partial charge on any atom is -0.468 e. The third kappa shape index (κ3) is 5.42. The third-order valence-electron chi connectivity index (χ3n) is 1.89. The van der Waals surface area contributed by atoms with Crippen LogP contribution in [0, 0.1) is 0 Å². The molecule has 1 unspecified atom stereocenters. The van der Waals surface area contributed by atoms with Crippen molar-refractivity contribution in [1.29, 1.82) is 0 Å². The number of esters is 1. The highest BCUT2D eigenvalue weighted by molar-refractivity contribution is 5.75. The van der Waals surface area contributed by atoms with Gasteiger partial charge in [0.05, 0.1) is 7.11 Å². The first-order valence-corrected chi connectivity index (χ1v) is 4.56. The fourth-order valence-corrected chi connectivity index (χ4v) is 1.12. The molecule has 0 rings (SSSR count). The van der Waals surface area contributed by atoms with Crippen LogP contribution in [-0.2, 0) is 9.53 Å². The minimum absolute atomic E-state index is 0.217. The lowest BCUT2D eigenvalue weighted by Gasteiger charge is -2.17. The average molecular weight is 185 g/mol. The standard InChI is InChI=1S/C10H19NO2/c1-5-6-7-8(2)11-9(3)10(12)13-4/h5,8-9,11H,1,6-7H2,2-4H3/t8?,9-/m0/s1. The predicted molar refractivity (Wildman–Crippen MR) is 53.5 cm³/mol. The predicted octanol–water partition coefficient (Wildman–Crippen LogP) is 1.49. The van der Waals surface area contributed by atoms with Crippen molar-refractivity contribution in [2.45, 2.75) is 38.8 Å². The maximum atomic E-state index is 11.0. The molecule has 3 nitrogen and oxygen atoms in total. The van der Waals surface area contributed by atoms with Crippen molar-refractivity contribution < 1.29 is 9.53 Å². The molecule has 76 valence electrons. The molecule has 0 heterocycles. The van der Waals surface area contributed by atoms with Crippen LogP contribution in [0.3, 0.4) is 0 Å². The number of ether oxygens (including phenoxy) is 1. The molecule has 0 aliphatic rings. The molecule has 13 heavy (non-hydrogen) atoms. The Hall–Kier alpha value is -0.830. The van der Waals surface area contributed by atoms with Crippen LogP contribution in [-0.4, -0.2) is 25.2 Å². The highest BCUT2D eigenvalue weighted by Crippen LogP contribution is 1.98. The van der Waals surface area contributed by atoms with E-state index in [1.807, 2.05) is 13.0 Å². The second-order valence-electron chi connectivity index (χ2n) is 3.18. The summed E-state index contributed by atoms with van der Waals surface area (Å²) >= 11 is 0. The van der Waals surface area contributed by atoms with Gasteiger partial charge in [-0.25, -0.2) is 0 Å². The highest BCUT2D eigenvalue weighted by atomic mass is 16.5. The number of carbonyl (C=O) groups excluding carboxylic acids is 1. The summed E-state index contributed by atoms with van der Waals surface area (Å²) in [5.41, 5.74) is 0. The van der Waals surface area contributed by atoms with E-state index in [2.05, 4.69) is 16.6 Å². The summed E-state index contributed by atoms with van der Waals surface area (Å²) < 4.78 is 4.60. The van der Waals surface area contributed by atoms with Crippen molar-refractivity contribution >= 4 is 5.97 Å². The summed E-state index contributed by atoms with van der Waals surface area (Å²) in [7, 11) is 1.40. The highest BCUT2D eigenvalue weighted by Gasteiger charge is 2.14. The summed E-state index contributed by atoms with van der Waals surface area (Å²) in [6, 6.07) is 0.0805. The Bertz CT molecular complexity index is 168. The number of rotatable bonds is 6. The first-order valence-electron chi connectivity index (χ1n) is 4.56. The van der Waals surface area contributed by atoms with Gasteiger partial charge in [-0.15, -0.1) is 6.58 Å². The molecule has 0 saturated carbocycles. The minimum atomic E-state index is -0.232. The topological polar surface area (TPSA) is 38.3 Å². The van der Waals surface area contributed by atoms with Crippen molar-refractivity contribution in [3.8, 4) is 0 Å². The number of nitrogens with one attached hydrogen (secondary N) is 1. The van der Waals surface area contributed by atoms with E-state index in [9.17, 15) is 4.79 Å². The summed E-state index contributed by atoms with van der Waals surface area (Å²) in [6.07, 6.45) is 3.83. The Kier molecular flexibility index (Phi) is 6.24. The molecule has 0 aliphatic heterocycles. The van der Waals surface area contributed by atoms with Gasteiger partial charge < -0.3 is 10.1 Å². The Morgan fingerprint density at radius 1 is 1.62 bits per heavy atom. The molecule has 0 spiro atoms. The van der Waals surface area contributed by atoms with Gasteiger partial charge >= 0.3 is 5.97 Å². The van der Waals surface area contributed by atoms with E-state index in [1.165, 1.54) is 7.11 Å². The molecule has 0 amide bonds. The summed E-state index contributed by atoms with van der Waals surface area (Å²) in [5.74, 6) is -0.217. The van der Waals surface area contributed by atoms with E-state index in [0.29, 0.717) is 6.04 Å². The van der Waals surface area contributed by atoms with Gasteiger partial charge in [-0.1, -0.05) is 6.08 Å². The molecule has 0 aromatic carbocycles. The first kappa shape index (κ1) is 12.2. The Balaban J connectivity index is 3.70. The van der Waals surface area contributed by atoms with Crippen molar-refractivity contribution in [3.05, 3.63) is 12.7 Å². The van der Waals surface area contributed by atoms with E-state index in [1.54, 1.807) is 6.92 Å². The molecule has 0 radical (unpaired) electrons. The van der Waals surface area contributed by atoms with Crippen LogP contribution < -0.4 is 5.32 Å². The van der Waals surface area contributed by atoms with Crippen molar-refractivity contribution in [1.82, 2.24) is 5.32 Å². The zero-order valence-corrected chi connectivity index (χ0v) is 8.67. The molecule has 2 atom stereocenters.